The number of halogens is 2. The van der Waals surface area contributed by atoms with Gasteiger partial charge in [-0.3, -0.25) is 9.78 Å². The summed E-state index contributed by atoms with van der Waals surface area (Å²) in [6.07, 6.45) is 0.147. The average Bonchev–Trinajstić information content (AvgIpc) is 2.29. The van der Waals surface area contributed by atoms with E-state index in [1.165, 1.54) is 11.8 Å². The highest BCUT2D eigenvalue weighted by Gasteiger charge is 2.06. The third-order valence-electron chi connectivity index (χ3n) is 2.43. The number of aromatic nitrogens is 1. The van der Waals surface area contributed by atoms with Crippen LogP contribution in [-0.4, -0.2) is 21.8 Å². The first-order chi connectivity index (χ1) is 8.56. The Bertz CT molecular complexity index is 604. The molecule has 6 heteroatoms. The van der Waals surface area contributed by atoms with E-state index in [0.717, 1.165) is 21.5 Å². The first-order valence-electron chi connectivity index (χ1n) is 5.48. The van der Waals surface area contributed by atoms with Gasteiger partial charge in [0, 0.05) is 26.8 Å². The number of pyridine rings is 1. The van der Waals surface area contributed by atoms with E-state index in [0.29, 0.717) is 10.8 Å². The number of thioether (sulfide) groups is 1. The Morgan fingerprint density at radius 3 is 2.84 bits per heavy atom. The molecule has 0 saturated heterocycles. The fourth-order valence-electron chi connectivity index (χ4n) is 1.66. The minimum atomic E-state index is -0.782. The second kappa shape index (κ2) is 6.98. The highest BCUT2D eigenvalue weighted by Crippen LogP contribution is 2.30. The Morgan fingerprint density at radius 1 is 1.42 bits per heavy atom. The Kier molecular flexibility index (Phi) is 5.91. The van der Waals surface area contributed by atoms with Gasteiger partial charge < -0.3 is 5.11 Å². The second-order valence-electron chi connectivity index (χ2n) is 3.92. The van der Waals surface area contributed by atoms with Gasteiger partial charge in [-0.05, 0) is 31.2 Å². The lowest BCUT2D eigenvalue weighted by Gasteiger charge is -2.07. The summed E-state index contributed by atoms with van der Waals surface area (Å²) in [6.45, 7) is 1.93. The highest BCUT2D eigenvalue weighted by molar-refractivity contribution is 7.99. The number of fused-ring (bicyclic) bond motifs is 1. The maximum Gasteiger partial charge on any atom is 0.304 e. The van der Waals surface area contributed by atoms with Crippen molar-refractivity contribution < 1.29 is 9.90 Å². The van der Waals surface area contributed by atoms with Crippen LogP contribution in [-0.2, 0) is 4.79 Å². The van der Waals surface area contributed by atoms with Crippen molar-refractivity contribution in [3.8, 4) is 0 Å². The van der Waals surface area contributed by atoms with E-state index < -0.39 is 5.97 Å². The number of hydrogen-bond donors (Lipinski definition) is 1. The maximum atomic E-state index is 10.5. The summed E-state index contributed by atoms with van der Waals surface area (Å²) in [5.74, 6) is -0.240. The van der Waals surface area contributed by atoms with Crippen LogP contribution in [0.4, 0.5) is 0 Å². The number of benzene rings is 1. The highest BCUT2D eigenvalue weighted by atomic mass is 35.5. The lowest BCUT2D eigenvalue weighted by Crippen LogP contribution is -1.96. The standard InChI is InChI=1S/C13H12ClNO2S.ClH/c1-8-6-12(18-5-4-13(16)17)10-7-9(14)2-3-11(10)15-8;/h2-3,6-7H,4-5H2,1H3,(H,16,17);1H. The Labute approximate surface area is 126 Å². The molecule has 0 amide bonds. The summed E-state index contributed by atoms with van der Waals surface area (Å²) in [4.78, 5) is 16.0. The molecule has 1 aromatic heterocycles. The number of hydrogen-bond acceptors (Lipinski definition) is 3. The van der Waals surface area contributed by atoms with Crippen molar-refractivity contribution in [3.63, 3.8) is 0 Å². The quantitative estimate of drug-likeness (QED) is 0.859. The molecule has 0 aliphatic carbocycles. The molecule has 0 fully saturated rings. The average molecular weight is 318 g/mol. The topological polar surface area (TPSA) is 50.2 Å². The van der Waals surface area contributed by atoms with Crippen molar-refractivity contribution in [2.24, 2.45) is 0 Å². The first-order valence-corrected chi connectivity index (χ1v) is 6.84. The molecule has 102 valence electrons. The first kappa shape index (κ1) is 16.1. The molecule has 1 aromatic carbocycles. The molecule has 0 bridgehead atoms. The molecule has 0 aliphatic rings. The number of carboxylic acid groups (broad SMARTS) is 1. The SMILES string of the molecule is Cc1cc(SCCC(=O)O)c2cc(Cl)ccc2n1.Cl. The largest absolute Gasteiger partial charge is 0.481 e. The van der Waals surface area contributed by atoms with Crippen LogP contribution >= 0.6 is 35.8 Å². The van der Waals surface area contributed by atoms with Crippen LogP contribution in [0.2, 0.25) is 5.02 Å². The lowest BCUT2D eigenvalue weighted by molar-refractivity contribution is -0.136. The van der Waals surface area contributed by atoms with Crippen LogP contribution in [0.5, 0.6) is 0 Å². The molecule has 1 N–H and O–H groups in total. The van der Waals surface area contributed by atoms with Crippen LogP contribution in [0, 0.1) is 6.92 Å². The minimum Gasteiger partial charge on any atom is -0.481 e. The lowest BCUT2D eigenvalue weighted by atomic mass is 10.2. The Balaban J connectivity index is 0.00000180. The van der Waals surface area contributed by atoms with Gasteiger partial charge in [0.25, 0.3) is 0 Å². The zero-order chi connectivity index (χ0) is 13.1. The van der Waals surface area contributed by atoms with E-state index in [1.807, 2.05) is 31.2 Å². The summed E-state index contributed by atoms with van der Waals surface area (Å²) in [7, 11) is 0. The number of carbonyl (C=O) groups is 1. The summed E-state index contributed by atoms with van der Waals surface area (Å²) in [5, 5.41) is 10.3. The fraction of sp³-hybridized carbons (Fsp3) is 0.231. The van der Waals surface area contributed by atoms with E-state index in [9.17, 15) is 4.79 Å². The second-order valence-corrected chi connectivity index (χ2v) is 5.49. The van der Waals surface area contributed by atoms with Crippen molar-refractivity contribution in [2.45, 2.75) is 18.2 Å². The van der Waals surface area contributed by atoms with Gasteiger partial charge in [0.15, 0.2) is 0 Å². The monoisotopic (exact) mass is 317 g/mol. The van der Waals surface area contributed by atoms with Gasteiger partial charge >= 0.3 is 5.97 Å². The van der Waals surface area contributed by atoms with E-state index in [2.05, 4.69) is 4.98 Å². The molecule has 0 radical (unpaired) electrons. The Morgan fingerprint density at radius 2 is 2.16 bits per heavy atom. The molecule has 0 spiro atoms. The molecule has 2 aromatic rings. The van der Waals surface area contributed by atoms with Crippen LogP contribution in [0.15, 0.2) is 29.2 Å². The van der Waals surface area contributed by atoms with Gasteiger partial charge in [0.2, 0.25) is 0 Å². The molecule has 0 unspecified atom stereocenters. The van der Waals surface area contributed by atoms with Gasteiger partial charge in [-0.15, -0.1) is 24.2 Å². The van der Waals surface area contributed by atoms with Crippen LogP contribution in [0.25, 0.3) is 10.9 Å². The normalized spacial score (nSPS) is 10.2. The third kappa shape index (κ3) is 4.27. The molecule has 19 heavy (non-hydrogen) atoms. The predicted octanol–water partition coefficient (Wildman–Crippen LogP) is 4.19. The van der Waals surface area contributed by atoms with E-state index in [1.54, 1.807) is 0 Å². The van der Waals surface area contributed by atoms with Crippen LogP contribution in [0.3, 0.4) is 0 Å². The van der Waals surface area contributed by atoms with E-state index >= 15 is 0 Å². The molecule has 0 atom stereocenters. The van der Waals surface area contributed by atoms with Crippen molar-refractivity contribution in [1.82, 2.24) is 4.98 Å². The summed E-state index contributed by atoms with van der Waals surface area (Å²) in [6, 6.07) is 7.52. The summed E-state index contributed by atoms with van der Waals surface area (Å²) >= 11 is 7.51. The number of aliphatic carboxylic acids is 1. The van der Waals surface area contributed by atoms with Gasteiger partial charge in [-0.2, -0.15) is 0 Å². The van der Waals surface area contributed by atoms with E-state index in [-0.39, 0.29) is 18.8 Å². The minimum absolute atomic E-state index is 0. The molecule has 1 heterocycles. The molecular weight excluding hydrogens is 305 g/mol. The van der Waals surface area contributed by atoms with Gasteiger partial charge in [0.1, 0.15) is 0 Å². The van der Waals surface area contributed by atoms with Crippen molar-refractivity contribution >= 4 is 52.6 Å². The summed E-state index contributed by atoms with van der Waals surface area (Å²) < 4.78 is 0. The zero-order valence-corrected chi connectivity index (χ0v) is 12.6. The number of carboxylic acids is 1. The molecule has 2 rings (SSSR count). The number of nitrogens with zero attached hydrogens (tertiary/aromatic N) is 1. The van der Waals surface area contributed by atoms with Crippen molar-refractivity contribution in [3.05, 3.63) is 35.0 Å². The molecular formula is C13H13Cl2NO2S. The third-order valence-corrected chi connectivity index (χ3v) is 3.73. The number of aryl methyl sites for hydroxylation is 1. The van der Waals surface area contributed by atoms with Crippen LogP contribution in [0.1, 0.15) is 12.1 Å². The number of rotatable bonds is 4. The smallest absolute Gasteiger partial charge is 0.304 e. The summed E-state index contributed by atoms with van der Waals surface area (Å²) in [5.41, 5.74) is 1.81. The fourth-order valence-corrected chi connectivity index (χ4v) is 2.90. The van der Waals surface area contributed by atoms with Crippen molar-refractivity contribution in [1.29, 1.82) is 0 Å². The van der Waals surface area contributed by atoms with Gasteiger partial charge in [0.05, 0.1) is 11.9 Å². The molecule has 3 nitrogen and oxygen atoms in total. The zero-order valence-electron chi connectivity index (χ0n) is 10.2. The Hall–Kier alpha value is -0.970. The van der Waals surface area contributed by atoms with Crippen molar-refractivity contribution in [2.75, 3.05) is 5.75 Å². The van der Waals surface area contributed by atoms with Crippen LogP contribution < -0.4 is 0 Å². The molecule has 0 aliphatic heterocycles. The predicted molar refractivity (Wildman–Crippen MR) is 81.7 cm³/mol. The maximum absolute atomic E-state index is 10.5. The molecule has 0 saturated carbocycles. The van der Waals surface area contributed by atoms with Gasteiger partial charge in [-0.1, -0.05) is 11.6 Å². The van der Waals surface area contributed by atoms with Gasteiger partial charge in [-0.25, -0.2) is 0 Å². The van der Waals surface area contributed by atoms with E-state index in [4.69, 9.17) is 16.7 Å².